The van der Waals surface area contributed by atoms with Crippen molar-refractivity contribution < 1.29 is 4.79 Å². The van der Waals surface area contributed by atoms with Gasteiger partial charge in [0.1, 0.15) is 11.4 Å². The minimum Gasteiger partial charge on any atom is -0.384 e. The molecule has 1 atom stereocenters. The molecule has 2 aromatic rings. The number of ketones is 1. The van der Waals surface area contributed by atoms with Crippen molar-refractivity contribution in [1.82, 2.24) is 19.3 Å². The highest BCUT2D eigenvalue weighted by molar-refractivity contribution is 8.02. The van der Waals surface area contributed by atoms with Gasteiger partial charge in [0.25, 0.3) is 5.56 Å². The van der Waals surface area contributed by atoms with E-state index in [0.29, 0.717) is 9.47 Å². The number of Topliss-reactive ketones (excluding diaryl/α,β-unsaturated/α-hetero) is 1. The first-order valence-electron chi connectivity index (χ1n) is 6.09. The zero-order valence-corrected chi connectivity index (χ0v) is 13.7. The molecule has 0 amide bonds. The van der Waals surface area contributed by atoms with E-state index in [4.69, 9.17) is 11.5 Å². The molecule has 0 fully saturated rings. The van der Waals surface area contributed by atoms with Crippen molar-refractivity contribution in [1.29, 1.82) is 0 Å². The number of anilines is 2. The van der Waals surface area contributed by atoms with Gasteiger partial charge in [-0.1, -0.05) is 23.1 Å². The molecule has 4 N–H and O–H groups in total. The fraction of sp³-hybridized carbons (Fsp3) is 0.364. The smallest absolute Gasteiger partial charge is 0.332 e. The number of nitrogens with two attached hydrogens (primary N) is 2. The molecule has 0 radical (unpaired) electrons. The van der Waals surface area contributed by atoms with Crippen LogP contribution in [0.4, 0.5) is 10.9 Å². The summed E-state index contributed by atoms with van der Waals surface area (Å²) in [5, 5.41) is 7.13. The van der Waals surface area contributed by atoms with E-state index >= 15 is 0 Å². The van der Waals surface area contributed by atoms with Crippen LogP contribution < -0.4 is 22.7 Å². The lowest BCUT2D eigenvalue weighted by Gasteiger charge is -2.13. The van der Waals surface area contributed by atoms with Gasteiger partial charge in [-0.25, -0.2) is 4.79 Å². The molecule has 0 unspecified atom stereocenters. The zero-order valence-electron chi connectivity index (χ0n) is 12.1. The van der Waals surface area contributed by atoms with Gasteiger partial charge >= 0.3 is 5.69 Å². The average molecular weight is 342 g/mol. The van der Waals surface area contributed by atoms with E-state index in [1.165, 1.54) is 14.1 Å². The van der Waals surface area contributed by atoms with Crippen LogP contribution in [0.1, 0.15) is 17.3 Å². The Kier molecular flexibility index (Phi) is 4.37. The molecule has 0 aliphatic carbocycles. The minimum absolute atomic E-state index is 0.151. The molecule has 2 heterocycles. The van der Waals surface area contributed by atoms with Crippen LogP contribution in [0.3, 0.4) is 0 Å². The largest absolute Gasteiger partial charge is 0.384 e. The summed E-state index contributed by atoms with van der Waals surface area (Å²) >= 11 is 2.27. The van der Waals surface area contributed by atoms with Gasteiger partial charge in [0.05, 0.1) is 5.25 Å². The maximum absolute atomic E-state index is 12.5. The molecular formula is C11H14N6O3S2. The van der Waals surface area contributed by atoms with E-state index in [9.17, 15) is 14.4 Å². The molecule has 118 valence electrons. The molecule has 2 rings (SSSR count). The lowest BCUT2D eigenvalue weighted by Crippen LogP contribution is -2.42. The molecule has 9 nitrogen and oxygen atoms in total. The Morgan fingerprint density at radius 2 is 1.86 bits per heavy atom. The highest BCUT2D eigenvalue weighted by Gasteiger charge is 2.26. The van der Waals surface area contributed by atoms with Gasteiger partial charge in [0.15, 0.2) is 10.1 Å². The van der Waals surface area contributed by atoms with Crippen molar-refractivity contribution >= 4 is 39.8 Å². The number of aromatic nitrogens is 4. The first-order chi connectivity index (χ1) is 10.2. The van der Waals surface area contributed by atoms with Crippen molar-refractivity contribution in [2.24, 2.45) is 14.1 Å². The molecule has 0 bridgehead atoms. The van der Waals surface area contributed by atoms with Crippen LogP contribution in [0, 0.1) is 0 Å². The number of hydrogen-bond donors (Lipinski definition) is 2. The van der Waals surface area contributed by atoms with Gasteiger partial charge < -0.3 is 11.5 Å². The highest BCUT2D eigenvalue weighted by atomic mass is 32.2. The predicted octanol–water partition coefficient (Wildman–Crippen LogP) is -0.537. The quantitative estimate of drug-likeness (QED) is 0.558. The minimum atomic E-state index is -0.713. The first-order valence-corrected chi connectivity index (χ1v) is 7.79. The fourth-order valence-electron chi connectivity index (χ4n) is 1.77. The Balaban J connectivity index is 2.41. The van der Waals surface area contributed by atoms with Gasteiger partial charge in [0.2, 0.25) is 5.13 Å². The van der Waals surface area contributed by atoms with Crippen molar-refractivity contribution in [3.63, 3.8) is 0 Å². The number of nitrogen functional groups attached to an aromatic ring is 2. The van der Waals surface area contributed by atoms with Gasteiger partial charge in [-0.15, -0.1) is 10.2 Å². The summed E-state index contributed by atoms with van der Waals surface area (Å²) in [6.45, 7) is 1.62. The number of thioether (sulfide) groups is 1. The third kappa shape index (κ3) is 2.76. The maximum Gasteiger partial charge on any atom is 0.332 e. The molecule has 0 saturated heterocycles. The van der Waals surface area contributed by atoms with E-state index < -0.39 is 22.3 Å². The third-order valence-electron chi connectivity index (χ3n) is 3.03. The van der Waals surface area contributed by atoms with E-state index in [2.05, 4.69) is 10.2 Å². The monoisotopic (exact) mass is 342 g/mol. The van der Waals surface area contributed by atoms with Crippen LogP contribution in [-0.4, -0.2) is 30.4 Å². The second-order valence-corrected chi connectivity index (χ2v) is 7.09. The molecule has 0 saturated carbocycles. The van der Waals surface area contributed by atoms with Crippen molar-refractivity contribution in [3.05, 3.63) is 26.4 Å². The number of hydrogen-bond acceptors (Lipinski definition) is 9. The van der Waals surface area contributed by atoms with Crippen LogP contribution >= 0.6 is 23.1 Å². The summed E-state index contributed by atoms with van der Waals surface area (Å²) in [6, 6.07) is 0. The van der Waals surface area contributed by atoms with Crippen molar-refractivity contribution in [3.8, 4) is 0 Å². The van der Waals surface area contributed by atoms with E-state index in [-0.39, 0.29) is 11.4 Å². The molecule has 11 heteroatoms. The average Bonchev–Trinajstić information content (AvgIpc) is 2.88. The van der Waals surface area contributed by atoms with Gasteiger partial charge in [-0.2, -0.15) is 0 Å². The first kappa shape index (κ1) is 16.2. The zero-order chi connectivity index (χ0) is 16.6. The lowest BCUT2D eigenvalue weighted by molar-refractivity contribution is 0.0992. The van der Waals surface area contributed by atoms with Crippen LogP contribution in [0.25, 0.3) is 0 Å². The Morgan fingerprint density at radius 3 is 2.41 bits per heavy atom. The Hall–Kier alpha value is -2.14. The number of nitrogens with zero attached hydrogens (tertiary/aromatic N) is 4. The summed E-state index contributed by atoms with van der Waals surface area (Å²) in [6.07, 6.45) is 0. The molecule has 0 spiro atoms. The molecular weight excluding hydrogens is 328 g/mol. The molecule has 22 heavy (non-hydrogen) atoms. The summed E-state index contributed by atoms with van der Waals surface area (Å²) in [5.74, 6) is -0.630. The molecule has 0 aliphatic heterocycles. The lowest BCUT2D eigenvalue weighted by atomic mass is 10.1. The summed E-state index contributed by atoms with van der Waals surface area (Å²) in [5.41, 5.74) is 9.74. The fourth-order valence-corrected chi connectivity index (χ4v) is 3.61. The van der Waals surface area contributed by atoms with Gasteiger partial charge in [-0.05, 0) is 6.92 Å². The van der Waals surface area contributed by atoms with Crippen molar-refractivity contribution in [2.75, 3.05) is 11.5 Å². The number of carbonyl (C=O) groups excluding carboxylic acids is 1. The molecule has 0 aliphatic rings. The van der Waals surface area contributed by atoms with Crippen molar-refractivity contribution in [2.45, 2.75) is 16.5 Å². The number of rotatable bonds is 4. The van der Waals surface area contributed by atoms with Crippen LogP contribution in [0.15, 0.2) is 13.9 Å². The van der Waals surface area contributed by atoms with Crippen LogP contribution in [0.2, 0.25) is 0 Å². The van der Waals surface area contributed by atoms with E-state index in [1.807, 2.05) is 0 Å². The second kappa shape index (κ2) is 5.93. The van der Waals surface area contributed by atoms with Crippen LogP contribution in [0.5, 0.6) is 0 Å². The topological polar surface area (TPSA) is 139 Å². The van der Waals surface area contributed by atoms with Gasteiger partial charge in [0, 0.05) is 14.1 Å². The van der Waals surface area contributed by atoms with Gasteiger partial charge in [-0.3, -0.25) is 18.7 Å². The normalized spacial score (nSPS) is 12.3. The molecule has 2 aromatic heterocycles. The maximum atomic E-state index is 12.5. The predicted molar refractivity (Wildman–Crippen MR) is 85.3 cm³/mol. The Labute approximate surface area is 133 Å². The number of carbonyl (C=O) groups is 1. The SMILES string of the molecule is C[C@H](Sc1nnc(N)s1)C(=O)c1c(N)n(C)c(=O)n(C)c1=O. The molecule has 0 aromatic carbocycles. The summed E-state index contributed by atoms with van der Waals surface area (Å²) in [4.78, 5) is 36.4. The highest BCUT2D eigenvalue weighted by Crippen LogP contribution is 2.29. The summed E-state index contributed by atoms with van der Waals surface area (Å²) < 4.78 is 2.43. The third-order valence-corrected chi connectivity index (χ3v) is 4.96. The summed E-state index contributed by atoms with van der Waals surface area (Å²) in [7, 11) is 2.70. The Morgan fingerprint density at radius 1 is 1.23 bits per heavy atom. The van der Waals surface area contributed by atoms with E-state index in [1.54, 1.807) is 6.92 Å². The van der Waals surface area contributed by atoms with Crippen LogP contribution in [-0.2, 0) is 14.1 Å². The standard InChI is InChI=1S/C11H14N6O3S2/c1-4(21-10-15-14-9(13)22-10)6(18)5-7(12)16(2)11(20)17(3)8(5)19/h4H,12H2,1-3H3,(H2,13,14)/t4-/m0/s1. The Bertz CT molecular complexity index is 852. The second-order valence-electron chi connectivity index (χ2n) is 4.50. The van der Waals surface area contributed by atoms with E-state index in [0.717, 1.165) is 32.2 Å².